The standard InChI is InChI=1S/C18H16OS2/c19-21(14-17-12-7-13-20-17)18(15-8-3-1-4-9-15)16-10-5-2-6-11-16/h1-13,18H,14H2/t21-/m1/s1. The van der Waals surface area contributed by atoms with Gasteiger partial charge in [0.25, 0.3) is 0 Å². The molecule has 0 saturated carbocycles. The first-order valence-corrected chi connectivity index (χ1v) is 9.10. The van der Waals surface area contributed by atoms with E-state index in [1.54, 1.807) is 11.3 Å². The van der Waals surface area contributed by atoms with Crippen molar-refractivity contribution < 1.29 is 4.21 Å². The minimum absolute atomic E-state index is 0.0745. The van der Waals surface area contributed by atoms with Gasteiger partial charge < -0.3 is 0 Å². The highest BCUT2D eigenvalue weighted by Gasteiger charge is 2.21. The highest BCUT2D eigenvalue weighted by atomic mass is 32.2. The fourth-order valence-electron chi connectivity index (χ4n) is 2.37. The Kier molecular flexibility index (Phi) is 4.63. The second kappa shape index (κ2) is 6.83. The maximum atomic E-state index is 12.9. The van der Waals surface area contributed by atoms with Gasteiger partial charge in [0.15, 0.2) is 0 Å². The molecule has 0 aliphatic heterocycles. The van der Waals surface area contributed by atoms with Crippen molar-refractivity contribution in [3.63, 3.8) is 0 Å². The molecule has 0 saturated heterocycles. The normalized spacial score (nSPS) is 12.4. The Balaban J connectivity index is 1.95. The molecule has 1 aromatic heterocycles. The average Bonchev–Trinajstić information content (AvgIpc) is 3.02. The van der Waals surface area contributed by atoms with Gasteiger partial charge in [-0.05, 0) is 22.6 Å². The van der Waals surface area contributed by atoms with Crippen LogP contribution in [0.1, 0.15) is 21.3 Å². The number of rotatable bonds is 5. The molecule has 0 radical (unpaired) electrons. The van der Waals surface area contributed by atoms with Crippen molar-refractivity contribution in [1.82, 2.24) is 0 Å². The third-order valence-electron chi connectivity index (χ3n) is 3.33. The fourth-order valence-corrected chi connectivity index (χ4v) is 4.94. The molecule has 3 rings (SSSR count). The van der Waals surface area contributed by atoms with Crippen LogP contribution in [0, 0.1) is 0 Å². The van der Waals surface area contributed by atoms with Crippen LogP contribution in [0.4, 0.5) is 0 Å². The van der Waals surface area contributed by atoms with Crippen LogP contribution in [-0.4, -0.2) is 4.21 Å². The lowest BCUT2D eigenvalue weighted by molar-refractivity contribution is 0.678. The van der Waals surface area contributed by atoms with Crippen LogP contribution in [-0.2, 0) is 16.6 Å². The topological polar surface area (TPSA) is 17.1 Å². The summed E-state index contributed by atoms with van der Waals surface area (Å²) in [5.41, 5.74) is 2.22. The molecule has 0 N–H and O–H groups in total. The Morgan fingerprint density at radius 1 is 0.810 bits per heavy atom. The van der Waals surface area contributed by atoms with Gasteiger partial charge >= 0.3 is 0 Å². The van der Waals surface area contributed by atoms with Gasteiger partial charge in [-0.3, -0.25) is 4.21 Å². The summed E-state index contributed by atoms with van der Waals surface area (Å²) < 4.78 is 12.9. The van der Waals surface area contributed by atoms with E-state index in [1.807, 2.05) is 47.8 Å². The molecule has 1 atom stereocenters. The van der Waals surface area contributed by atoms with Gasteiger partial charge in [0.1, 0.15) is 0 Å². The van der Waals surface area contributed by atoms with Crippen molar-refractivity contribution >= 4 is 22.1 Å². The van der Waals surface area contributed by atoms with Crippen LogP contribution in [0.15, 0.2) is 78.2 Å². The Bertz CT molecular complexity index is 651. The van der Waals surface area contributed by atoms with Gasteiger partial charge in [0, 0.05) is 15.7 Å². The van der Waals surface area contributed by atoms with Crippen LogP contribution in [0.25, 0.3) is 0 Å². The van der Waals surface area contributed by atoms with Crippen molar-refractivity contribution in [2.24, 2.45) is 0 Å². The van der Waals surface area contributed by atoms with Gasteiger partial charge in [-0.2, -0.15) is 0 Å². The molecule has 2 aromatic carbocycles. The maximum Gasteiger partial charge on any atom is 0.0850 e. The van der Waals surface area contributed by atoms with Crippen molar-refractivity contribution in [2.75, 3.05) is 0 Å². The predicted octanol–water partition coefficient (Wildman–Crippen LogP) is 4.79. The molecule has 0 amide bonds. The summed E-state index contributed by atoms with van der Waals surface area (Å²) in [6, 6.07) is 24.3. The van der Waals surface area contributed by atoms with Crippen molar-refractivity contribution in [3.05, 3.63) is 94.2 Å². The Morgan fingerprint density at radius 2 is 1.38 bits per heavy atom. The molecule has 21 heavy (non-hydrogen) atoms. The number of benzene rings is 2. The van der Waals surface area contributed by atoms with Gasteiger partial charge in [0.2, 0.25) is 0 Å². The largest absolute Gasteiger partial charge is 0.258 e. The van der Waals surface area contributed by atoms with Gasteiger partial charge in [0.05, 0.1) is 11.0 Å². The summed E-state index contributed by atoms with van der Waals surface area (Å²) in [4.78, 5) is 1.17. The van der Waals surface area contributed by atoms with E-state index in [0.29, 0.717) is 5.75 Å². The lowest BCUT2D eigenvalue weighted by Gasteiger charge is -2.17. The van der Waals surface area contributed by atoms with Crippen LogP contribution >= 0.6 is 11.3 Å². The first-order valence-electron chi connectivity index (χ1n) is 6.84. The molecule has 0 unspecified atom stereocenters. The second-order valence-corrected chi connectivity index (χ2v) is 7.36. The van der Waals surface area contributed by atoms with Crippen LogP contribution in [0.3, 0.4) is 0 Å². The fraction of sp³-hybridized carbons (Fsp3) is 0.111. The summed E-state index contributed by atoms with van der Waals surface area (Å²) in [6.45, 7) is 0. The van der Waals surface area contributed by atoms with E-state index in [9.17, 15) is 4.21 Å². The number of hydrogen-bond donors (Lipinski definition) is 0. The second-order valence-electron chi connectivity index (χ2n) is 4.81. The quantitative estimate of drug-likeness (QED) is 0.662. The maximum absolute atomic E-state index is 12.9. The highest BCUT2D eigenvalue weighted by molar-refractivity contribution is 7.84. The van der Waals surface area contributed by atoms with E-state index < -0.39 is 10.8 Å². The molecule has 0 bridgehead atoms. The monoisotopic (exact) mass is 312 g/mol. The molecular weight excluding hydrogens is 296 g/mol. The van der Waals surface area contributed by atoms with Gasteiger partial charge in [-0.25, -0.2) is 0 Å². The van der Waals surface area contributed by atoms with E-state index in [0.717, 1.165) is 11.1 Å². The van der Waals surface area contributed by atoms with Gasteiger partial charge in [-0.1, -0.05) is 66.7 Å². The molecule has 3 heteroatoms. The minimum Gasteiger partial charge on any atom is -0.258 e. The molecule has 1 nitrogen and oxygen atoms in total. The summed E-state index contributed by atoms with van der Waals surface area (Å²) in [5, 5.41) is 1.96. The molecule has 3 aromatic rings. The SMILES string of the molecule is O=[S@](Cc1cccs1)C(c1ccccc1)c1ccccc1. The molecule has 0 aliphatic rings. The Hall–Kier alpha value is -1.71. The van der Waals surface area contributed by atoms with E-state index in [1.165, 1.54) is 4.88 Å². The first kappa shape index (κ1) is 14.2. The molecule has 106 valence electrons. The Morgan fingerprint density at radius 3 is 1.86 bits per heavy atom. The zero-order valence-corrected chi connectivity index (χ0v) is 13.1. The van der Waals surface area contributed by atoms with Crippen LogP contribution in [0.5, 0.6) is 0 Å². The molecule has 1 heterocycles. The van der Waals surface area contributed by atoms with Gasteiger partial charge in [-0.15, -0.1) is 11.3 Å². The molecular formula is C18H16OS2. The van der Waals surface area contributed by atoms with Crippen molar-refractivity contribution in [3.8, 4) is 0 Å². The third kappa shape index (κ3) is 3.49. The number of hydrogen-bond acceptors (Lipinski definition) is 2. The predicted molar refractivity (Wildman–Crippen MR) is 90.9 cm³/mol. The van der Waals surface area contributed by atoms with Crippen molar-refractivity contribution in [2.45, 2.75) is 11.0 Å². The van der Waals surface area contributed by atoms with E-state index in [4.69, 9.17) is 0 Å². The minimum atomic E-state index is -0.979. The van der Waals surface area contributed by atoms with Crippen molar-refractivity contribution in [1.29, 1.82) is 0 Å². The van der Waals surface area contributed by atoms with Crippen LogP contribution < -0.4 is 0 Å². The van der Waals surface area contributed by atoms with Crippen LogP contribution in [0.2, 0.25) is 0 Å². The zero-order chi connectivity index (χ0) is 14.5. The average molecular weight is 312 g/mol. The summed E-state index contributed by atoms with van der Waals surface area (Å²) >= 11 is 1.67. The summed E-state index contributed by atoms with van der Waals surface area (Å²) in [5.74, 6) is 0.603. The lowest BCUT2D eigenvalue weighted by atomic mass is 10.0. The van der Waals surface area contributed by atoms with E-state index in [-0.39, 0.29) is 5.25 Å². The smallest absolute Gasteiger partial charge is 0.0850 e. The third-order valence-corrected chi connectivity index (χ3v) is 6.06. The number of thiophene rings is 1. The van der Waals surface area contributed by atoms with E-state index >= 15 is 0 Å². The molecule has 0 spiro atoms. The molecule has 0 fully saturated rings. The Labute approximate surface area is 131 Å². The molecule has 0 aliphatic carbocycles. The summed E-state index contributed by atoms with van der Waals surface area (Å²) in [6.07, 6.45) is 0. The lowest BCUT2D eigenvalue weighted by Crippen LogP contribution is -2.10. The zero-order valence-electron chi connectivity index (χ0n) is 11.5. The van der Waals surface area contributed by atoms with E-state index in [2.05, 4.69) is 30.3 Å². The first-order chi connectivity index (χ1) is 10.3. The highest BCUT2D eigenvalue weighted by Crippen LogP contribution is 2.30. The summed E-state index contributed by atoms with van der Waals surface area (Å²) in [7, 11) is -0.979.